The number of nitrogens with zero attached hydrogens (tertiary/aromatic N) is 1. The highest BCUT2D eigenvalue weighted by Gasteiger charge is 2.35. The molecule has 1 aromatic rings. The van der Waals surface area contributed by atoms with Crippen LogP contribution in [0.5, 0.6) is 0 Å². The molecule has 0 radical (unpaired) electrons. The minimum absolute atomic E-state index is 0.0193. The minimum Gasteiger partial charge on any atom is -0.452 e. The van der Waals surface area contributed by atoms with Gasteiger partial charge in [0, 0.05) is 19.1 Å². The number of halogens is 1. The van der Waals surface area contributed by atoms with Gasteiger partial charge in [-0.25, -0.2) is 21.2 Å². The Kier molecular flexibility index (Phi) is 7.01. The molecule has 3 rings (SSSR count). The molecule has 2 heterocycles. The molecule has 172 valence electrons. The third kappa shape index (κ3) is 5.80. The normalized spacial score (nSPS) is 23.2. The number of carbonyl (C=O) groups is 2. The molecule has 2 saturated heterocycles. The van der Waals surface area contributed by atoms with Gasteiger partial charge in [0.05, 0.1) is 22.3 Å². The number of sulfone groups is 1. The predicted molar refractivity (Wildman–Crippen MR) is 109 cm³/mol. The highest BCUT2D eigenvalue weighted by Crippen LogP contribution is 2.25. The number of ether oxygens (including phenoxy) is 1. The molecule has 2 aliphatic rings. The Morgan fingerprint density at radius 2 is 1.77 bits per heavy atom. The first-order valence-electron chi connectivity index (χ1n) is 9.95. The van der Waals surface area contributed by atoms with E-state index >= 15 is 0 Å². The van der Waals surface area contributed by atoms with Gasteiger partial charge >= 0.3 is 5.97 Å². The summed E-state index contributed by atoms with van der Waals surface area (Å²) in [4.78, 5) is 24.6. The van der Waals surface area contributed by atoms with Gasteiger partial charge in [0.2, 0.25) is 10.0 Å². The van der Waals surface area contributed by atoms with Gasteiger partial charge in [-0.1, -0.05) is 0 Å². The number of amides is 1. The maximum atomic E-state index is 13.1. The third-order valence-corrected chi connectivity index (χ3v) is 9.16. The van der Waals surface area contributed by atoms with Crippen LogP contribution in [0.25, 0.3) is 0 Å². The maximum Gasteiger partial charge on any atom is 0.309 e. The molecule has 1 N–H and O–H groups in total. The number of rotatable bonds is 6. The average Bonchev–Trinajstić information content (AvgIpc) is 3.06. The van der Waals surface area contributed by atoms with E-state index in [-0.39, 0.29) is 42.3 Å². The minimum atomic E-state index is -3.79. The van der Waals surface area contributed by atoms with Gasteiger partial charge in [-0.05, 0) is 50.5 Å². The first-order valence-corrected chi connectivity index (χ1v) is 13.2. The zero-order chi connectivity index (χ0) is 22.8. The lowest BCUT2D eigenvalue weighted by molar-refractivity contribution is -0.160. The van der Waals surface area contributed by atoms with Crippen LogP contribution in [-0.2, 0) is 34.2 Å². The number of carbonyl (C=O) groups excluding carboxylic acids is 2. The van der Waals surface area contributed by atoms with E-state index in [1.165, 1.54) is 23.4 Å². The second-order valence-corrected chi connectivity index (χ2v) is 12.0. The molecule has 1 amide bonds. The van der Waals surface area contributed by atoms with Crippen LogP contribution >= 0.6 is 0 Å². The van der Waals surface area contributed by atoms with Crippen LogP contribution in [0.2, 0.25) is 0 Å². The lowest BCUT2D eigenvalue weighted by Gasteiger charge is -2.30. The summed E-state index contributed by atoms with van der Waals surface area (Å²) in [6.07, 6.45) is -0.296. The molecular weight excluding hydrogens is 451 g/mol. The lowest BCUT2D eigenvalue weighted by atomic mass is 9.98. The topological polar surface area (TPSA) is 127 Å². The summed E-state index contributed by atoms with van der Waals surface area (Å²) in [6, 6.07) is 4.05. The van der Waals surface area contributed by atoms with Crippen molar-refractivity contribution >= 4 is 31.7 Å². The number of benzene rings is 1. The van der Waals surface area contributed by atoms with E-state index < -0.39 is 55.6 Å². The molecule has 2 atom stereocenters. The molecule has 0 spiro atoms. The smallest absolute Gasteiger partial charge is 0.309 e. The van der Waals surface area contributed by atoms with Crippen LogP contribution in [0.3, 0.4) is 0 Å². The van der Waals surface area contributed by atoms with Crippen molar-refractivity contribution in [2.75, 3.05) is 24.6 Å². The molecule has 1 aromatic carbocycles. The molecule has 0 aromatic heterocycles. The maximum absolute atomic E-state index is 13.1. The van der Waals surface area contributed by atoms with E-state index in [0.29, 0.717) is 6.42 Å². The highest BCUT2D eigenvalue weighted by molar-refractivity contribution is 7.91. The molecule has 31 heavy (non-hydrogen) atoms. The van der Waals surface area contributed by atoms with Gasteiger partial charge in [-0.15, -0.1) is 0 Å². The van der Waals surface area contributed by atoms with Crippen molar-refractivity contribution in [1.82, 2.24) is 9.62 Å². The second-order valence-electron chi connectivity index (χ2n) is 7.82. The van der Waals surface area contributed by atoms with Crippen molar-refractivity contribution in [1.29, 1.82) is 0 Å². The van der Waals surface area contributed by atoms with Gasteiger partial charge in [-0.3, -0.25) is 9.59 Å². The first-order chi connectivity index (χ1) is 14.5. The Hall–Kier alpha value is -2.05. The molecule has 0 aliphatic carbocycles. The summed E-state index contributed by atoms with van der Waals surface area (Å²) in [6.45, 7) is 1.60. The SMILES string of the molecule is CC(OC(=O)C1CCN(S(=O)(=O)c2ccc(F)cc2)CC1)C(=O)NC1CCS(=O)(=O)C1. The van der Waals surface area contributed by atoms with Crippen LogP contribution in [-0.4, -0.2) is 69.8 Å². The largest absolute Gasteiger partial charge is 0.452 e. The van der Waals surface area contributed by atoms with Gasteiger partial charge < -0.3 is 10.1 Å². The summed E-state index contributed by atoms with van der Waals surface area (Å²) in [5, 5.41) is 2.58. The van der Waals surface area contributed by atoms with Crippen molar-refractivity contribution in [3.05, 3.63) is 30.1 Å². The van der Waals surface area contributed by atoms with Crippen LogP contribution in [0.4, 0.5) is 4.39 Å². The Balaban J connectivity index is 1.49. The summed E-state index contributed by atoms with van der Waals surface area (Å²) in [5.74, 6) is -2.35. The number of hydrogen-bond acceptors (Lipinski definition) is 7. The number of nitrogens with one attached hydrogen (secondary N) is 1. The number of sulfonamides is 1. The molecule has 2 fully saturated rings. The Morgan fingerprint density at radius 1 is 1.16 bits per heavy atom. The monoisotopic (exact) mass is 476 g/mol. The molecule has 2 unspecified atom stereocenters. The third-order valence-electron chi connectivity index (χ3n) is 5.48. The summed E-state index contributed by atoms with van der Waals surface area (Å²) >= 11 is 0. The van der Waals surface area contributed by atoms with Crippen molar-refractivity contribution in [2.24, 2.45) is 5.92 Å². The van der Waals surface area contributed by atoms with E-state index in [9.17, 15) is 30.8 Å². The van der Waals surface area contributed by atoms with Crippen molar-refractivity contribution < 1.29 is 35.6 Å². The summed E-state index contributed by atoms with van der Waals surface area (Å²) < 4.78 is 67.8. The van der Waals surface area contributed by atoms with Crippen molar-refractivity contribution in [2.45, 2.75) is 43.2 Å². The Labute approximate surface area is 180 Å². The Bertz CT molecular complexity index is 1030. The van der Waals surface area contributed by atoms with Crippen molar-refractivity contribution in [3.8, 4) is 0 Å². The Morgan fingerprint density at radius 3 is 2.32 bits per heavy atom. The van der Waals surface area contributed by atoms with Gasteiger partial charge in [0.1, 0.15) is 5.82 Å². The molecule has 0 saturated carbocycles. The standard InChI is InChI=1S/C19H25FN2O7S2/c1-13(18(23)21-16-8-11-30(25,26)12-16)29-19(24)14-6-9-22(10-7-14)31(27,28)17-4-2-15(20)3-5-17/h2-5,13-14,16H,6-12H2,1H3,(H,21,23). The second kappa shape index (κ2) is 9.21. The van der Waals surface area contributed by atoms with Crippen molar-refractivity contribution in [3.63, 3.8) is 0 Å². The van der Waals surface area contributed by atoms with Crippen LogP contribution in [0.1, 0.15) is 26.2 Å². The van der Waals surface area contributed by atoms with Crippen LogP contribution < -0.4 is 5.32 Å². The van der Waals surface area contributed by atoms with Gasteiger partial charge in [-0.2, -0.15) is 4.31 Å². The fourth-order valence-electron chi connectivity index (χ4n) is 3.64. The highest BCUT2D eigenvalue weighted by atomic mass is 32.2. The fraction of sp³-hybridized carbons (Fsp3) is 0.579. The number of piperidine rings is 1. The van der Waals surface area contributed by atoms with Crippen LogP contribution in [0, 0.1) is 11.7 Å². The quantitative estimate of drug-likeness (QED) is 0.591. The molecule has 0 bridgehead atoms. The first kappa shape index (κ1) is 23.6. The summed E-state index contributed by atoms with van der Waals surface area (Å²) in [7, 11) is -6.93. The zero-order valence-corrected chi connectivity index (χ0v) is 18.6. The average molecular weight is 477 g/mol. The molecule has 9 nitrogen and oxygen atoms in total. The van der Waals surface area contributed by atoms with E-state index in [4.69, 9.17) is 4.74 Å². The van der Waals surface area contributed by atoms with E-state index in [1.54, 1.807) is 0 Å². The molecule has 2 aliphatic heterocycles. The number of hydrogen-bond donors (Lipinski definition) is 1. The number of esters is 1. The lowest BCUT2D eigenvalue weighted by Crippen LogP contribution is -2.44. The fourth-order valence-corrected chi connectivity index (χ4v) is 6.78. The molecular formula is C19H25FN2O7S2. The predicted octanol–water partition coefficient (Wildman–Crippen LogP) is 0.461. The van der Waals surface area contributed by atoms with E-state index in [1.807, 2.05) is 0 Å². The van der Waals surface area contributed by atoms with Crippen LogP contribution in [0.15, 0.2) is 29.2 Å². The summed E-state index contributed by atoms with van der Waals surface area (Å²) in [5.41, 5.74) is 0. The van der Waals surface area contributed by atoms with Gasteiger partial charge in [0.25, 0.3) is 5.91 Å². The van der Waals surface area contributed by atoms with E-state index in [0.717, 1.165) is 12.1 Å². The zero-order valence-electron chi connectivity index (χ0n) is 17.0. The van der Waals surface area contributed by atoms with E-state index in [2.05, 4.69) is 5.32 Å². The molecule has 12 heteroatoms. The van der Waals surface area contributed by atoms with Gasteiger partial charge in [0.15, 0.2) is 15.9 Å².